The summed E-state index contributed by atoms with van der Waals surface area (Å²) in [6.45, 7) is 1.97. The lowest BCUT2D eigenvalue weighted by atomic mass is 10.1. The molecule has 0 aliphatic rings. The van der Waals surface area contributed by atoms with Crippen molar-refractivity contribution in [3.8, 4) is 0 Å². The zero-order chi connectivity index (χ0) is 11.4. The average Bonchev–Trinajstić information content (AvgIpc) is 1.97. The molecule has 0 aromatic carbocycles. The van der Waals surface area contributed by atoms with Crippen LogP contribution in [0.1, 0.15) is 32.6 Å². The van der Waals surface area contributed by atoms with Crippen LogP contribution in [-0.2, 0) is 0 Å². The Morgan fingerprint density at radius 2 is 1.86 bits per heavy atom. The van der Waals surface area contributed by atoms with Gasteiger partial charge in [0.1, 0.15) is 0 Å². The van der Waals surface area contributed by atoms with Gasteiger partial charge < -0.3 is 0 Å². The van der Waals surface area contributed by atoms with Gasteiger partial charge in [0.05, 0.1) is 0 Å². The van der Waals surface area contributed by atoms with Gasteiger partial charge in [0.15, 0.2) is 0 Å². The van der Waals surface area contributed by atoms with Crippen LogP contribution in [-0.4, -0.2) is 14.8 Å². The molecule has 2 atom stereocenters. The molecule has 0 fully saturated rings. The highest BCUT2D eigenvalue weighted by Gasteiger charge is 2.52. The van der Waals surface area contributed by atoms with E-state index in [2.05, 4.69) is 15.9 Å². The van der Waals surface area contributed by atoms with Crippen LogP contribution in [0.15, 0.2) is 0 Å². The fraction of sp³-hybridized carbons (Fsp3) is 1.00. The minimum Gasteiger partial charge on any atom is -0.218 e. The molecule has 0 rings (SSSR count). The maximum Gasteiger partial charge on any atom is 0.348 e. The van der Waals surface area contributed by atoms with E-state index in [1.807, 2.05) is 22.9 Å². The average molecular weight is 360 g/mol. The second-order valence-corrected chi connectivity index (χ2v) is 6.04. The lowest BCUT2D eigenvalue weighted by molar-refractivity contribution is -0.00958. The first-order valence-corrected chi connectivity index (χ1v) is 6.38. The smallest absolute Gasteiger partial charge is 0.218 e. The molecule has 0 aromatic rings. The van der Waals surface area contributed by atoms with E-state index in [1.165, 1.54) is 0 Å². The second kappa shape index (κ2) is 5.94. The molecule has 6 heteroatoms. The molecule has 0 aromatic heterocycles. The Balaban J connectivity index is 4.08. The maximum absolute atomic E-state index is 13.2. The van der Waals surface area contributed by atoms with Crippen LogP contribution in [0, 0.1) is 0 Å². The summed E-state index contributed by atoms with van der Waals surface area (Å²) in [4.78, 5) is -4.02. The monoisotopic (exact) mass is 358 g/mol. The summed E-state index contributed by atoms with van der Waals surface area (Å²) in [5.74, 6) is 0. The fourth-order valence-electron chi connectivity index (χ4n) is 0.922. The highest BCUT2D eigenvalue weighted by Crippen LogP contribution is 2.45. The van der Waals surface area contributed by atoms with Crippen molar-refractivity contribution >= 4 is 43.5 Å². The van der Waals surface area contributed by atoms with Crippen molar-refractivity contribution in [2.45, 2.75) is 47.4 Å². The highest BCUT2D eigenvalue weighted by atomic mass is 79.9. The molecule has 0 saturated heterocycles. The summed E-state index contributed by atoms with van der Waals surface area (Å²) >= 11 is 10.2. The molecule has 0 heterocycles. The van der Waals surface area contributed by atoms with E-state index < -0.39 is 16.4 Å². The molecule has 0 spiro atoms. The second-order valence-electron chi connectivity index (χ2n) is 3.15. The van der Waals surface area contributed by atoms with Gasteiger partial charge in [-0.15, -0.1) is 0 Å². The summed E-state index contributed by atoms with van der Waals surface area (Å²) in [6.07, 6.45) is 2.01. The van der Waals surface area contributed by atoms with Gasteiger partial charge in [-0.25, -0.2) is 4.39 Å². The summed E-state index contributed by atoms with van der Waals surface area (Å²) < 4.78 is 38.4. The first-order valence-electron chi connectivity index (χ1n) is 4.29. The van der Waals surface area contributed by atoms with Crippen LogP contribution in [0.4, 0.5) is 13.2 Å². The van der Waals surface area contributed by atoms with E-state index in [9.17, 15) is 13.2 Å². The Morgan fingerprint density at radius 1 is 1.36 bits per heavy atom. The standard InChI is InChI=1S/C8H12Br2ClF3/c1-2-3-4-6(9)5-7(11,12)8(10,13)14/h6H,2-5H2,1H3/t6-,7-/m0/s1. The van der Waals surface area contributed by atoms with Gasteiger partial charge in [-0.1, -0.05) is 47.3 Å². The Bertz CT molecular complexity index is 170. The third-order valence-electron chi connectivity index (χ3n) is 1.76. The van der Waals surface area contributed by atoms with Crippen molar-refractivity contribution in [3.05, 3.63) is 0 Å². The lowest BCUT2D eigenvalue weighted by Crippen LogP contribution is -2.36. The predicted octanol–water partition coefficient (Wildman–Crippen LogP) is 5.22. The van der Waals surface area contributed by atoms with Crippen molar-refractivity contribution in [1.82, 2.24) is 0 Å². The molecule has 86 valence electrons. The molecule has 0 aliphatic heterocycles. The minimum atomic E-state index is -3.69. The zero-order valence-electron chi connectivity index (χ0n) is 7.67. The predicted molar refractivity (Wildman–Crippen MR) is 60.4 cm³/mol. The Labute approximate surface area is 104 Å². The summed E-state index contributed by atoms with van der Waals surface area (Å²) in [7, 11) is 0. The Morgan fingerprint density at radius 3 is 2.21 bits per heavy atom. The van der Waals surface area contributed by atoms with E-state index in [1.54, 1.807) is 0 Å². The van der Waals surface area contributed by atoms with Crippen LogP contribution >= 0.6 is 43.5 Å². The van der Waals surface area contributed by atoms with E-state index in [-0.39, 0.29) is 4.83 Å². The molecule has 0 bridgehead atoms. The lowest BCUT2D eigenvalue weighted by Gasteiger charge is -2.25. The van der Waals surface area contributed by atoms with Gasteiger partial charge in [0.25, 0.3) is 5.13 Å². The van der Waals surface area contributed by atoms with Gasteiger partial charge in [-0.05, 0) is 22.4 Å². The summed E-state index contributed by atoms with van der Waals surface area (Å²) in [6, 6.07) is 0. The van der Waals surface area contributed by atoms with Crippen molar-refractivity contribution in [2.75, 3.05) is 0 Å². The van der Waals surface area contributed by atoms with Gasteiger partial charge in [0, 0.05) is 11.2 Å². The fourth-order valence-corrected chi connectivity index (χ4v) is 2.23. The molecule has 0 radical (unpaired) electrons. The molecule has 0 N–H and O–H groups in total. The maximum atomic E-state index is 13.2. The first kappa shape index (κ1) is 15.0. The molecule has 14 heavy (non-hydrogen) atoms. The number of alkyl halides is 6. The molecule has 0 nitrogen and oxygen atoms in total. The molecule has 0 amide bonds. The SMILES string of the molecule is CCCC[C@H](Br)C[C@@](F)(Cl)C(F)(F)Br. The van der Waals surface area contributed by atoms with Crippen LogP contribution in [0.5, 0.6) is 0 Å². The van der Waals surface area contributed by atoms with Crippen molar-refractivity contribution in [1.29, 1.82) is 0 Å². The van der Waals surface area contributed by atoms with E-state index in [0.717, 1.165) is 12.8 Å². The zero-order valence-corrected chi connectivity index (χ0v) is 11.6. The molecule has 0 aliphatic carbocycles. The topological polar surface area (TPSA) is 0 Å². The number of unbranched alkanes of at least 4 members (excludes halogenated alkanes) is 1. The number of rotatable bonds is 6. The van der Waals surface area contributed by atoms with Crippen LogP contribution < -0.4 is 0 Å². The summed E-state index contributed by atoms with van der Waals surface area (Å²) in [5.41, 5.74) is 0. The van der Waals surface area contributed by atoms with Crippen LogP contribution in [0.3, 0.4) is 0 Å². The minimum absolute atomic E-state index is 0.326. The van der Waals surface area contributed by atoms with E-state index >= 15 is 0 Å². The van der Waals surface area contributed by atoms with Crippen molar-refractivity contribution < 1.29 is 13.2 Å². The van der Waals surface area contributed by atoms with E-state index in [4.69, 9.17) is 11.6 Å². The van der Waals surface area contributed by atoms with Gasteiger partial charge in [-0.2, -0.15) is 8.78 Å². The van der Waals surface area contributed by atoms with Gasteiger partial charge in [-0.3, -0.25) is 0 Å². The van der Waals surface area contributed by atoms with Crippen LogP contribution in [0.25, 0.3) is 0 Å². The van der Waals surface area contributed by atoms with Crippen LogP contribution in [0.2, 0.25) is 0 Å². The molecule has 0 unspecified atom stereocenters. The number of hydrogen-bond donors (Lipinski definition) is 0. The number of hydrogen-bond acceptors (Lipinski definition) is 0. The largest absolute Gasteiger partial charge is 0.348 e. The van der Waals surface area contributed by atoms with Gasteiger partial charge in [0.2, 0.25) is 0 Å². The Hall–Kier alpha value is 1.04. The highest BCUT2D eigenvalue weighted by molar-refractivity contribution is 9.10. The first-order chi connectivity index (χ1) is 6.20. The third-order valence-corrected chi connectivity index (χ3v) is 3.79. The normalized spacial score (nSPS) is 19.1. The molecule has 0 saturated carbocycles. The van der Waals surface area contributed by atoms with Gasteiger partial charge >= 0.3 is 4.83 Å². The quantitative estimate of drug-likeness (QED) is 0.570. The molecular formula is C8H12Br2ClF3. The molecular weight excluding hydrogens is 348 g/mol. The van der Waals surface area contributed by atoms with Crippen molar-refractivity contribution in [2.24, 2.45) is 0 Å². The summed E-state index contributed by atoms with van der Waals surface area (Å²) in [5, 5.41) is -3.03. The Kier molecular flexibility index (Phi) is 6.39. The van der Waals surface area contributed by atoms with Crippen molar-refractivity contribution in [3.63, 3.8) is 0 Å². The number of halogens is 6. The third kappa shape index (κ3) is 5.21. The van der Waals surface area contributed by atoms with E-state index in [0.29, 0.717) is 6.42 Å².